The Kier molecular flexibility index (Phi) is 4.38. The van der Waals surface area contributed by atoms with E-state index in [1.807, 2.05) is 30.2 Å². The molecule has 1 aliphatic carbocycles. The van der Waals surface area contributed by atoms with Gasteiger partial charge in [-0.1, -0.05) is 13.8 Å². The standard InChI is InChI=1S/C16H27N5O/c1-16(2)13(12-6-11-22-14(12)16)20-15(17-3)18-7-4-9-21-10-5-8-19-21/h5,8,10,12-14H,4,6-7,9,11H2,1-3H3,(H2,17,18,20). The van der Waals surface area contributed by atoms with Crippen LogP contribution in [0, 0.1) is 11.3 Å². The van der Waals surface area contributed by atoms with Crippen LogP contribution in [0.25, 0.3) is 0 Å². The van der Waals surface area contributed by atoms with E-state index in [2.05, 4.69) is 34.6 Å². The van der Waals surface area contributed by atoms with Gasteiger partial charge in [-0.3, -0.25) is 9.67 Å². The lowest BCUT2D eigenvalue weighted by Gasteiger charge is -2.54. The normalized spacial score (nSPS) is 29.8. The molecule has 1 aliphatic heterocycles. The second-order valence-electron chi connectivity index (χ2n) is 6.81. The Morgan fingerprint density at radius 3 is 3.09 bits per heavy atom. The maximum atomic E-state index is 5.84. The molecule has 2 aliphatic rings. The van der Waals surface area contributed by atoms with Crippen molar-refractivity contribution in [2.75, 3.05) is 20.2 Å². The summed E-state index contributed by atoms with van der Waals surface area (Å²) in [5, 5.41) is 11.2. The van der Waals surface area contributed by atoms with Crippen molar-refractivity contribution in [1.82, 2.24) is 20.4 Å². The lowest BCUT2D eigenvalue weighted by Crippen LogP contribution is -2.68. The molecule has 6 heteroatoms. The molecule has 2 heterocycles. The largest absolute Gasteiger partial charge is 0.377 e. The third-order valence-corrected chi connectivity index (χ3v) is 5.03. The van der Waals surface area contributed by atoms with Crippen LogP contribution < -0.4 is 10.6 Å². The van der Waals surface area contributed by atoms with E-state index in [4.69, 9.17) is 4.74 Å². The van der Waals surface area contributed by atoms with Crippen LogP contribution in [-0.4, -0.2) is 48.1 Å². The number of rotatable bonds is 5. The number of nitrogens with zero attached hydrogens (tertiary/aromatic N) is 3. The van der Waals surface area contributed by atoms with Crippen LogP contribution in [0.3, 0.4) is 0 Å². The average Bonchev–Trinajstić information content (AvgIpc) is 3.16. The van der Waals surface area contributed by atoms with Crippen LogP contribution in [0.4, 0.5) is 0 Å². The molecule has 1 aromatic heterocycles. The molecule has 0 amide bonds. The summed E-state index contributed by atoms with van der Waals surface area (Å²) in [5.41, 5.74) is 0.174. The Labute approximate surface area is 132 Å². The summed E-state index contributed by atoms with van der Waals surface area (Å²) in [6.45, 7) is 7.26. The van der Waals surface area contributed by atoms with Crippen molar-refractivity contribution < 1.29 is 4.74 Å². The third kappa shape index (κ3) is 2.84. The lowest BCUT2D eigenvalue weighted by molar-refractivity contribution is -0.106. The number of fused-ring (bicyclic) bond motifs is 1. The van der Waals surface area contributed by atoms with Gasteiger partial charge in [0.1, 0.15) is 0 Å². The fourth-order valence-corrected chi connectivity index (χ4v) is 3.84. The van der Waals surface area contributed by atoms with Crippen molar-refractivity contribution in [3.63, 3.8) is 0 Å². The summed E-state index contributed by atoms with van der Waals surface area (Å²) < 4.78 is 7.79. The van der Waals surface area contributed by atoms with E-state index in [-0.39, 0.29) is 5.41 Å². The first-order valence-corrected chi connectivity index (χ1v) is 8.19. The van der Waals surface area contributed by atoms with Crippen molar-refractivity contribution in [2.24, 2.45) is 16.3 Å². The van der Waals surface area contributed by atoms with Gasteiger partial charge in [-0.15, -0.1) is 0 Å². The number of aromatic nitrogens is 2. The zero-order valence-corrected chi connectivity index (χ0v) is 13.7. The van der Waals surface area contributed by atoms with E-state index < -0.39 is 0 Å². The van der Waals surface area contributed by atoms with Gasteiger partial charge in [0.05, 0.1) is 6.10 Å². The van der Waals surface area contributed by atoms with Crippen LogP contribution in [0.15, 0.2) is 23.5 Å². The zero-order chi connectivity index (χ0) is 15.6. The van der Waals surface area contributed by atoms with Crippen molar-refractivity contribution in [1.29, 1.82) is 0 Å². The van der Waals surface area contributed by atoms with Gasteiger partial charge < -0.3 is 15.4 Å². The second kappa shape index (κ2) is 6.28. The minimum atomic E-state index is 0.174. The molecule has 1 saturated carbocycles. The van der Waals surface area contributed by atoms with Crippen molar-refractivity contribution in [3.05, 3.63) is 18.5 Å². The molecule has 3 rings (SSSR count). The first kappa shape index (κ1) is 15.3. The molecule has 0 aromatic carbocycles. The van der Waals surface area contributed by atoms with Crippen LogP contribution in [0.1, 0.15) is 26.7 Å². The highest BCUT2D eigenvalue weighted by atomic mass is 16.5. The molecule has 2 N–H and O–H groups in total. The van der Waals surface area contributed by atoms with Gasteiger partial charge >= 0.3 is 0 Å². The summed E-state index contributed by atoms with van der Waals surface area (Å²) in [4.78, 5) is 4.36. The fourth-order valence-electron chi connectivity index (χ4n) is 3.84. The molecule has 3 unspecified atom stereocenters. The highest BCUT2D eigenvalue weighted by molar-refractivity contribution is 5.80. The molecule has 0 radical (unpaired) electrons. The summed E-state index contributed by atoms with van der Waals surface area (Å²) in [6, 6.07) is 2.39. The molecular weight excluding hydrogens is 278 g/mol. The molecule has 122 valence electrons. The number of ether oxygens (including phenoxy) is 1. The number of hydrogen-bond donors (Lipinski definition) is 2. The van der Waals surface area contributed by atoms with Crippen molar-refractivity contribution >= 4 is 5.96 Å². The highest BCUT2D eigenvalue weighted by Gasteiger charge is 2.59. The number of nitrogens with one attached hydrogen (secondary N) is 2. The van der Waals surface area contributed by atoms with E-state index in [0.29, 0.717) is 18.1 Å². The molecule has 0 spiro atoms. The topological polar surface area (TPSA) is 63.5 Å². The maximum absolute atomic E-state index is 5.84. The van der Waals surface area contributed by atoms with E-state index in [1.54, 1.807) is 0 Å². The lowest BCUT2D eigenvalue weighted by atomic mass is 9.57. The average molecular weight is 305 g/mol. The summed E-state index contributed by atoms with van der Waals surface area (Å²) in [5.74, 6) is 1.52. The van der Waals surface area contributed by atoms with Crippen LogP contribution in [0.5, 0.6) is 0 Å². The Morgan fingerprint density at radius 2 is 2.36 bits per heavy atom. The molecule has 1 saturated heterocycles. The van der Waals surface area contributed by atoms with Gasteiger partial charge in [-0.05, 0) is 18.9 Å². The minimum absolute atomic E-state index is 0.174. The quantitative estimate of drug-likeness (QED) is 0.488. The number of guanidine groups is 1. The van der Waals surface area contributed by atoms with Crippen molar-refractivity contribution in [2.45, 2.75) is 45.4 Å². The number of aryl methyl sites for hydroxylation is 1. The summed E-state index contributed by atoms with van der Waals surface area (Å²) in [7, 11) is 1.83. The Morgan fingerprint density at radius 1 is 1.50 bits per heavy atom. The zero-order valence-electron chi connectivity index (χ0n) is 13.7. The Hall–Kier alpha value is -1.56. The number of aliphatic imine (C=N–C) groups is 1. The summed E-state index contributed by atoms with van der Waals surface area (Å²) in [6.07, 6.45) is 6.38. The molecular formula is C16H27N5O. The Bertz CT molecular complexity index is 511. The van der Waals surface area contributed by atoms with Gasteiger partial charge in [0.2, 0.25) is 0 Å². The van der Waals surface area contributed by atoms with E-state index >= 15 is 0 Å². The van der Waals surface area contributed by atoms with E-state index in [1.165, 1.54) is 0 Å². The highest BCUT2D eigenvalue weighted by Crippen LogP contribution is 2.51. The van der Waals surface area contributed by atoms with E-state index in [0.717, 1.165) is 38.5 Å². The molecule has 3 atom stereocenters. The molecule has 1 aromatic rings. The van der Waals surface area contributed by atoms with E-state index in [9.17, 15) is 0 Å². The van der Waals surface area contributed by atoms with Crippen LogP contribution >= 0.6 is 0 Å². The first-order valence-electron chi connectivity index (χ1n) is 8.19. The SMILES string of the molecule is CN=C(NCCCn1cccn1)NC1C2CCOC2C1(C)C. The fraction of sp³-hybridized carbons (Fsp3) is 0.750. The van der Waals surface area contributed by atoms with Crippen molar-refractivity contribution in [3.8, 4) is 0 Å². The summed E-state index contributed by atoms with van der Waals surface area (Å²) >= 11 is 0. The molecule has 2 fully saturated rings. The van der Waals surface area contributed by atoms with Gasteiger partial charge in [-0.25, -0.2) is 0 Å². The molecule has 22 heavy (non-hydrogen) atoms. The molecule has 0 bridgehead atoms. The van der Waals surface area contributed by atoms with Crippen LogP contribution in [0.2, 0.25) is 0 Å². The van der Waals surface area contributed by atoms with Gasteiger partial charge in [0.25, 0.3) is 0 Å². The predicted octanol–water partition coefficient (Wildman–Crippen LogP) is 1.25. The van der Waals surface area contributed by atoms with Gasteiger partial charge in [0.15, 0.2) is 5.96 Å². The second-order valence-corrected chi connectivity index (χ2v) is 6.81. The van der Waals surface area contributed by atoms with Crippen LogP contribution in [-0.2, 0) is 11.3 Å². The smallest absolute Gasteiger partial charge is 0.191 e. The minimum Gasteiger partial charge on any atom is -0.377 e. The monoisotopic (exact) mass is 305 g/mol. The van der Waals surface area contributed by atoms with Gasteiger partial charge in [-0.2, -0.15) is 5.10 Å². The predicted molar refractivity (Wildman–Crippen MR) is 86.8 cm³/mol. The Balaban J connectivity index is 1.44. The maximum Gasteiger partial charge on any atom is 0.191 e. The third-order valence-electron chi connectivity index (χ3n) is 5.03. The number of hydrogen-bond acceptors (Lipinski definition) is 3. The molecule has 6 nitrogen and oxygen atoms in total. The van der Waals surface area contributed by atoms with Gasteiger partial charge in [0, 0.05) is 56.5 Å². The first-order chi connectivity index (χ1) is 10.6.